The molecule has 0 fully saturated rings. The standard InChI is InChI=1S/C17H33N4/c1-19(2)12-6-13-20(14-7-15-21(3,4)5)17-10-8-16(18)9-11-17/h8-11H,6-7,12-15,18H2,1-5H3/q+1. The van der Waals surface area contributed by atoms with Gasteiger partial charge in [0, 0.05) is 30.9 Å². The number of nitrogens with zero attached hydrogens (tertiary/aromatic N) is 3. The zero-order chi connectivity index (χ0) is 15.9. The fourth-order valence-corrected chi connectivity index (χ4v) is 2.37. The van der Waals surface area contributed by atoms with Gasteiger partial charge in [-0.3, -0.25) is 0 Å². The predicted octanol–water partition coefficient (Wildman–Crippen LogP) is 2.12. The molecule has 0 aliphatic carbocycles. The zero-order valence-corrected chi connectivity index (χ0v) is 14.5. The lowest BCUT2D eigenvalue weighted by Crippen LogP contribution is -2.38. The van der Waals surface area contributed by atoms with E-state index in [0.29, 0.717) is 0 Å². The third-order valence-corrected chi connectivity index (χ3v) is 3.55. The zero-order valence-electron chi connectivity index (χ0n) is 14.5. The molecule has 21 heavy (non-hydrogen) atoms. The van der Waals surface area contributed by atoms with Gasteiger partial charge in [0.05, 0.1) is 27.7 Å². The van der Waals surface area contributed by atoms with Crippen LogP contribution >= 0.6 is 0 Å². The second-order valence-electron chi connectivity index (χ2n) is 7.10. The largest absolute Gasteiger partial charge is 0.399 e. The minimum Gasteiger partial charge on any atom is -0.399 e. The Hall–Kier alpha value is -1.26. The molecule has 120 valence electrons. The summed E-state index contributed by atoms with van der Waals surface area (Å²) in [5.41, 5.74) is 7.91. The molecule has 0 bridgehead atoms. The van der Waals surface area contributed by atoms with E-state index in [0.717, 1.165) is 29.8 Å². The quantitative estimate of drug-likeness (QED) is 0.559. The maximum atomic E-state index is 5.80. The van der Waals surface area contributed by atoms with E-state index in [9.17, 15) is 0 Å². The first kappa shape index (κ1) is 17.8. The molecule has 0 saturated heterocycles. The summed E-state index contributed by atoms with van der Waals surface area (Å²) >= 11 is 0. The van der Waals surface area contributed by atoms with E-state index in [1.54, 1.807) is 0 Å². The number of hydrogen-bond donors (Lipinski definition) is 1. The molecule has 0 heterocycles. The van der Waals surface area contributed by atoms with Crippen molar-refractivity contribution in [2.45, 2.75) is 12.8 Å². The van der Waals surface area contributed by atoms with Crippen molar-refractivity contribution in [3.63, 3.8) is 0 Å². The maximum absolute atomic E-state index is 5.80. The molecule has 4 nitrogen and oxygen atoms in total. The van der Waals surface area contributed by atoms with Gasteiger partial charge in [-0.15, -0.1) is 0 Å². The molecule has 1 aromatic carbocycles. The minimum atomic E-state index is 0.832. The molecule has 0 aliphatic heterocycles. The highest BCUT2D eigenvalue weighted by molar-refractivity contribution is 5.53. The molecule has 0 unspecified atom stereocenters. The normalized spacial score (nSPS) is 11.9. The van der Waals surface area contributed by atoms with E-state index < -0.39 is 0 Å². The highest BCUT2D eigenvalue weighted by atomic mass is 15.3. The minimum absolute atomic E-state index is 0.832. The molecule has 0 saturated carbocycles. The first-order valence-electron chi connectivity index (χ1n) is 7.83. The second kappa shape index (κ2) is 8.25. The van der Waals surface area contributed by atoms with Crippen LogP contribution in [0.15, 0.2) is 24.3 Å². The second-order valence-corrected chi connectivity index (χ2v) is 7.10. The van der Waals surface area contributed by atoms with Crippen LogP contribution in [0.5, 0.6) is 0 Å². The van der Waals surface area contributed by atoms with E-state index in [2.05, 4.69) is 57.2 Å². The summed E-state index contributed by atoms with van der Waals surface area (Å²) in [5, 5.41) is 0. The van der Waals surface area contributed by atoms with E-state index >= 15 is 0 Å². The maximum Gasteiger partial charge on any atom is 0.0797 e. The molecular weight excluding hydrogens is 260 g/mol. The Morgan fingerprint density at radius 1 is 0.905 bits per heavy atom. The fourth-order valence-electron chi connectivity index (χ4n) is 2.37. The number of quaternary nitrogens is 1. The Morgan fingerprint density at radius 3 is 2.00 bits per heavy atom. The van der Waals surface area contributed by atoms with Gasteiger partial charge in [0.15, 0.2) is 0 Å². The van der Waals surface area contributed by atoms with E-state index in [1.807, 2.05) is 12.1 Å². The van der Waals surface area contributed by atoms with E-state index in [4.69, 9.17) is 5.73 Å². The van der Waals surface area contributed by atoms with Crippen LogP contribution in [-0.4, -0.2) is 70.8 Å². The summed E-state index contributed by atoms with van der Waals surface area (Å²) in [6.07, 6.45) is 2.39. The molecule has 0 spiro atoms. The Bertz CT molecular complexity index is 392. The van der Waals surface area contributed by atoms with Crippen molar-refractivity contribution in [2.24, 2.45) is 0 Å². The number of nitrogens with two attached hydrogens (primary N) is 1. The molecule has 0 atom stereocenters. The van der Waals surface area contributed by atoms with Crippen LogP contribution in [0.2, 0.25) is 0 Å². The van der Waals surface area contributed by atoms with Gasteiger partial charge >= 0.3 is 0 Å². The van der Waals surface area contributed by atoms with Crippen molar-refractivity contribution in [2.75, 3.05) is 72.1 Å². The summed E-state index contributed by atoms with van der Waals surface area (Å²) in [5.74, 6) is 0. The van der Waals surface area contributed by atoms with Gasteiger partial charge in [-0.25, -0.2) is 0 Å². The van der Waals surface area contributed by atoms with Crippen LogP contribution in [0.25, 0.3) is 0 Å². The van der Waals surface area contributed by atoms with Crippen LogP contribution < -0.4 is 10.6 Å². The number of nitrogen functional groups attached to an aromatic ring is 1. The molecule has 0 radical (unpaired) electrons. The number of rotatable bonds is 9. The van der Waals surface area contributed by atoms with Gasteiger partial charge in [-0.1, -0.05) is 0 Å². The van der Waals surface area contributed by atoms with Gasteiger partial charge in [0.1, 0.15) is 0 Å². The van der Waals surface area contributed by atoms with Crippen LogP contribution in [0.1, 0.15) is 12.8 Å². The van der Waals surface area contributed by atoms with Crippen LogP contribution in [-0.2, 0) is 0 Å². The lowest BCUT2D eigenvalue weighted by Gasteiger charge is -2.29. The first-order valence-corrected chi connectivity index (χ1v) is 7.83. The average molecular weight is 293 g/mol. The van der Waals surface area contributed by atoms with E-state index in [-0.39, 0.29) is 0 Å². The smallest absolute Gasteiger partial charge is 0.0797 e. The highest BCUT2D eigenvalue weighted by Crippen LogP contribution is 2.17. The van der Waals surface area contributed by atoms with Gasteiger partial charge in [0.2, 0.25) is 0 Å². The summed E-state index contributed by atoms with van der Waals surface area (Å²) in [7, 11) is 11.0. The van der Waals surface area contributed by atoms with Gasteiger partial charge in [0.25, 0.3) is 0 Å². The van der Waals surface area contributed by atoms with Crippen molar-refractivity contribution >= 4 is 11.4 Å². The topological polar surface area (TPSA) is 32.5 Å². The lowest BCUT2D eigenvalue weighted by atomic mass is 10.2. The van der Waals surface area contributed by atoms with Crippen molar-refractivity contribution in [1.29, 1.82) is 0 Å². The van der Waals surface area contributed by atoms with Crippen molar-refractivity contribution in [3.8, 4) is 0 Å². The summed E-state index contributed by atoms with van der Waals surface area (Å²) in [6.45, 7) is 4.52. The van der Waals surface area contributed by atoms with Gasteiger partial charge < -0.3 is 20.0 Å². The molecule has 2 N–H and O–H groups in total. The number of hydrogen-bond acceptors (Lipinski definition) is 3. The molecule has 0 aliphatic rings. The van der Waals surface area contributed by atoms with Crippen molar-refractivity contribution < 1.29 is 4.48 Å². The van der Waals surface area contributed by atoms with Crippen molar-refractivity contribution in [1.82, 2.24) is 4.90 Å². The number of anilines is 2. The third kappa shape index (κ3) is 7.93. The Balaban J connectivity index is 2.59. The highest BCUT2D eigenvalue weighted by Gasteiger charge is 2.10. The summed E-state index contributed by atoms with van der Waals surface area (Å²) < 4.78 is 1.02. The summed E-state index contributed by atoms with van der Waals surface area (Å²) in [4.78, 5) is 4.73. The average Bonchev–Trinajstić information content (AvgIpc) is 2.36. The Kier molecular flexibility index (Phi) is 6.99. The molecule has 1 aromatic rings. The van der Waals surface area contributed by atoms with Crippen molar-refractivity contribution in [3.05, 3.63) is 24.3 Å². The van der Waals surface area contributed by atoms with Crippen LogP contribution in [0.3, 0.4) is 0 Å². The van der Waals surface area contributed by atoms with Crippen LogP contribution in [0, 0.1) is 0 Å². The molecule has 0 amide bonds. The molecule has 0 aromatic heterocycles. The van der Waals surface area contributed by atoms with Crippen LogP contribution in [0.4, 0.5) is 11.4 Å². The van der Waals surface area contributed by atoms with Gasteiger partial charge in [-0.2, -0.15) is 0 Å². The summed E-state index contributed by atoms with van der Waals surface area (Å²) in [6, 6.07) is 8.26. The third-order valence-electron chi connectivity index (χ3n) is 3.55. The Morgan fingerprint density at radius 2 is 1.48 bits per heavy atom. The SMILES string of the molecule is CN(C)CCCN(CCC[N+](C)(C)C)c1ccc(N)cc1. The number of benzene rings is 1. The monoisotopic (exact) mass is 293 g/mol. The fraction of sp³-hybridized carbons (Fsp3) is 0.647. The van der Waals surface area contributed by atoms with E-state index in [1.165, 1.54) is 25.1 Å². The first-order chi connectivity index (χ1) is 9.78. The van der Waals surface area contributed by atoms with Gasteiger partial charge in [-0.05, 0) is 51.3 Å². The molecular formula is C17H33N4+. The predicted molar refractivity (Wildman–Crippen MR) is 93.8 cm³/mol. The Labute approximate surface area is 130 Å². The molecule has 1 rings (SSSR count). The lowest BCUT2D eigenvalue weighted by molar-refractivity contribution is -0.870. The molecule has 4 heteroatoms.